The molecule has 0 spiro atoms. The average Bonchev–Trinajstić information content (AvgIpc) is 2.78. The third-order valence-electron chi connectivity index (χ3n) is 5.69. The van der Waals surface area contributed by atoms with Crippen molar-refractivity contribution >= 4 is 11.8 Å². The van der Waals surface area contributed by atoms with Crippen LogP contribution in [0.5, 0.6) is 5.75 Å². The van der Waals surface area contributed by atoms with E-state index in [-0.39, 0.29) is 30.6 Å². The van der Waals surface area contributed by atoms with Crippen LogP contribution in [0.2, 0.25) is 0 Å². The van der Waals surface area contributed by atoms with Gasteiger partial charge in [-0.1, -0.05) is 6.92 Å². The molecule has 0 aliphatic carbocycles. The maximum Gasteiger partial charge on any atom is 0.253 e. The van der Waals surface area contributed by atoms with E-state index in [2.05, 4.69) is 6.92 Å². The van der Waals surface area contributed by atoms with Crippen molar-refractivity contribution in [1.82, 2.24) is 9.80 Å². The van der Waals surface area contributed by atoms with Crippen molar-refractivity contribution in [3.63, 3.8) is 0 Å². The monoisotopic (exact) mass is 418 g/mol. The van der Waals surface area contributed by atoms with Crippen LogP contribution in [0.3, 0.4) is 0 Å². The molecule has 1 atom stereocenters. The molecule has 2 aliphatic heterocycles. The summed E-state index contributed by atoms with van der Waals surface area (Å²) >= 11 is 0. The minimum Gasteiger partial charge on any atom is -0.490 e. The van der Waals surface area contributed by atoms with Crippen molar-refractivity contribution in [3.8, 4) is 5.75 Å². The first-order valence-corrected chi connectivity index (χ1v) is 11.0. The van der Waals surface area contributed by atoms with Crippen molar-refractivity contribution < 1.29 is 23.8 Å². The lowest BCUT2D eigenvalue weighted by atomic mass is 10.1. The van der Waals surface area contributed by atoms with Gasteiger partial charge in [0.05, 0.1) is 6.10 Å². The predicted molar refractivity (Wildman–Crippen MR) is 114 cm³/mol. The van der Waals surface area contributed by atoms with Gasteiger partial charge in [0, 0.05) is 58.3 Å². The van der Waals surface area contributed by atoms with Crippen LogP contribution in [-0.2, 0) is 14.3 Å². The van der Waals surface area contributed by atoms with E-state index in [0.717, 1.165) is 51.0 Å². The Morgan fingerprint density at radius 2 is 1.73 bits per heavy atom. The highest BCUT2D eigenvalue weighted by atomic mass is 16.5. The zero-order valence-electron chi connectivity index (χ0n) is 18.2. The zero-order chi connectivity index (χ0) is 21.3. The fourth-order valence-electron chi connectivity index (χ4n) is 4.03. The van der Waals surface area contributed by atoms with Gasteiger partial charge < -0.3 is 24.0 Å². The number of methoxy groups -OCH3 is 1. The number of carbonyl (C=O) groups is 2. The van der Waals surface area contributed by atoms with Crippen molar-refractivity contribution in [3.05, 3.63) is 29.8 Å². The van der Waals surface area contributed by atoms with Gasteiger partial charge in [0.25, 0.3) is 5.91 Å². The van der Waals surface area contributed by atoms with Crippen LogP contribution in [0.4, 0.5) is 0 Å². The SMILES string of the molecule is CCCO[C@@H]1CCCN(C(=O)c2ccc(OC3CCN(C(=O)COC)CC3)cc2)C1. The molecule has 7 nitrogen and oxygen atoms in total. The third-order valence-corrected chi connectivity index (χ3v) is 5.69. The minimum absolute atomic E-state index is 0.0267. The summed E-state index contributed by atoms with van der Waals surface area (Å²) in [4.78, 5) is 28.5. The van der Waals surface area contributed by atoms with E-state index < -0.39 is 0 Å². The third kappa shape index (κ3) is 6.19. The Labute approximate surface area is 179 Å². The molecule has 0 saturated carbocycles. The number of amides is 2. The summed E-state index contributed by atoms with van der Waals surface area (Å²) in [5, 5.41) is 0. The van der Waals surface area contributed by atoms with E-state index in [1.165, 1.54) is 7.11 Å². The number of likely N-dealkylation sites (tertiary alicyclic amines) is 2. The molecule has 0 radical (unpaired) electrons. The number of benzene rings is 1. The van der Waals surface area contributed by atoms with E-state index in [9.17, 15) is 9.59 Å². The highest BCUT2D eigenvalue weighted by Gasteiger charge is 2.26. The molecule has 1 aromatic rings. The normalized spacial score (nSPS) is 20.3. The molecule has 2 amide bonds. The smallest absolute Gasteiger partial charge is 0.253 e. The molecule has 3 rings (SSSR count). The molecular formula is C23H34N2O5. The Kier molecular flexibility index (Phi) is 8.51. The number of nitrogens with zero attached hydrogens (tertiary/aromatic N) is 2. The van der Waals surface area contributed by atoms with Crippen LogP contribution in [-0.4, -0.2) is 80.3 Å². The first-order valence-electron chi connectivity index (χ1n) is 11.0. The summed E-state index contributed by atoms with van der Waals surface area (Å²) in [6.45, 7) is 5.78. The lowest BCUT2D eigenvalue weighted by Gasteiger charge is -2.33. The Balaban J connectivity index is 1.48. The minimum atomic E-state index is 0.0267. The summed E-state index contributed by atoms with van der Waals surface area (Å²) in [6.07, 6.45) is 4.81. The largest absolute Gasteiger partial charge is 0.490 e. The number of hydrogen-bond donors (Lipinski definition) is 0. The molecular weight excluding hydrogens is 384 g/mol. The summed E-state index contributed by atoms with van der Waals surface area (Å²) < 4.78 is 16.8. The maximum atomic E-state index is 12.9. The van der Waals surface area contributed by atoms with Gasteiger partial charge in [0.2, 0.25) is 5.91 Å². The summed E-state index contributed by atoms with van der Waals surface area (Å²) in [5.74, 6) is 0.839. The summed E-state index contributed by atoms with van der Waals surface area (Å²) in [5.41, 5.74) is 0.679. The topological polar surface area (TPSA) is 68.3 Å². The zero-order valence-corrected chi connectivity index (χ0v) is 18.2. The Morgan fingerprint density at radius 1 is 1.00 bits per heavy atom. The molecule has 166 valence electrons. The van der Waals surface area contributed by atoms with Crippen LogP contribution >= 0.6 is 0 Å². The van der Waals surface area contributed by atoms with Crippen LogP contribution in [0.25, 0.3) is 0 Å². The molecule has 2 fully saturated rings. The van der Waals surface area contributed by atoms with Gasteiger partial charge in [-0.2, -0.15) is 0 Å². The number of piperidine rings is 2. The van der Waals surface area contributed by atoms with Crippen LogP contribution in [0, 0.1) is 0 Å². The maximum absolute atomic E-state index is 12.9. The van der Waals surface area contributed by atoms with Crippen molar-refractivity contribution in [2.75, 3.05) is 46.5 Å². The number of carbonyl (C=O) groups excluding carboxylic acids is 2. The van der Waals surface area contributed by atoms with E-state index in [0.29, 0.717) is 25.2 Å². The second-order valence-electron chi connectivity index (χ2n) is 8.04. The van der Waals surface area contributed by atoms with Crippen LogP contribution in [0.15, 0.2) is 24.3 Å². The van der Waals surface area contributed by atoms with Gasteiger partial charge in [0.15, 0.2) is 0 Å². The molecule has 0 N–H and O–H groups in total. The fraction of sp³-hybridized carbons (Fsp3) is 0.652. The highest BCUT2D eigenvalue weighted by molar-refractivity contribution is 5.94. The standard InChI is InChI=1S/C23H34N2O5/c1-3-15-29-21-5-4-12-25(16-21)23(27)18-6-8-19(9-7-18)30-20-10-13-24(14-11-20)22(26)17-28-2/h6-9,20-21H,3-5,10-17H2,1-2H3/t21-/m1/s1. The average molecular weight is 419 g/mol. The molecule has 1 aromatic carbocycles. The lowest BCUT2D eigenvalue weighted by Crippen LogP contribution is -2.43. The second kappa shape index (κ2) is 11.3. The van der Waals surface area contributed by atoms with Crippen molar-refractivity contribution in [2.24, 2.45) is 0 Å². The van der Waals surface area contributed by atoms with E-state index in [1.54, 1.807) is 0 Å². The first kappa shape index (κ1) is 22.6. The van der Waals surface area contributed by atoms with Crippen LogP contribution < -0.4 is 4.74 Å². The van der Waals surface area contributed by atoms with E-state index >= 15 is 0 Å². The molecule has 0 bridgehead atoms. The van der Waals surface area contributed by atoms with E-state index in [4.69, 9.17) is 14.2 Å². The number of rotatable bonds is 8. The Bertz CT molecular complexity index is 685. The highest BCUT2D eigenvalue weighted by Crippen LogP contribution is 2.22. The summed E-state index contributed by atoms with van der Waals surface area (Å²) in [6, 6.07) is 7.41. The van der Waals surface area contributed by atoms with Crippen molar-refractivity contribution in [1.29, 1.82) is 0 Å². The molecule has 2 saturated heterocycles. The summed E-state index contributed by atoms with van der Waals surface area (Å²) in [7, 11) is 1.53. The van der Waals surface area contributed by atoms with E-state index in [1.807, 2.05) is 34.1 Å². The first-order chi connectivity index (χ1) is 14.6. The molecule has 30 heavy (non-hydrogen) atoms. The van der Waals surface area contributed by atoms with Gasteiger partial charge in [0.1, 0.15) is 18.5 Å². The van der Waals surface area contributed by atoms with Gasteiger partial charge >= 0.3 is 0 Å². The second-order valence-corrected chi connectivity index (χ2v) is 8.04. The predicted octanol–water partition coefficient (Wildman–Crippen LogP) is 2.73. The lowest BCUT2D eigenvalue weighted by molar-refractivity contribution is -0.136. The number of hydrogen-bond acceptors (Lipinski definition) is 5. The Morgan fingerprint density at radius 3 is 2.40 bits per heavy atom. The number of ether oxygens (including phenoxy) is 3. The fourth-order valence-corrected chi connectivity index (χ4v) is 4.03. The Hall–Kier alpha value is -2.12. The molecule has 0 unspecified atom stereocenters. The molecule has 2 heterocycles. The quantitative estimate of drug-likeness (QED) is 0.649. The van der Waals surface area contributed by atoms with Crippen molar-refractivity contribution in [2.45, 2.75) is 51.2 Å². The van der Waals surface area contributed by atoms with Gasteiger partial charge in [-0.3, -0.25) is 9.59 Å². The van der Waals surface area contributed by atoms with Gasteiger partial charge in [-0.15, -0.1) is 0 Å². The van der Waals surface area contributed by atoms with Gasteiger partial charge in [-0.25, -0.2) is 0 Å². The molecule has 2 aliphatic rings. The molecule has 7 heteroatoms. The van der Waals surface area contributed by atoms with Gasteiger partial charge in [-0.05, 0) is 43.5 Å². The van der Waals surface area contributed by atoms with Crippen LogP contribution in [0.1, 0.15) is 49.4 Å². The molecule has 0 aromatic heterocycles.